The van der Waals surface area contributed by atoms with Gasteiger partial charge in [-0.1, -0.05) is 17.7 Å². The molecule has 0 aliphatic carbocycles. The highest BCUT2D eigenvalue weighted by Gasteiger charge is 2.09. The molecule has 0 aliphatic heterocycles. The van der Waals surface area contributed by atoms with Crippen LogP contribution in [0.3, 0.4) is 0 Å². The van der Waals surface area contributed by atoms with E-state index in [9.17, 15) is 4.39 Å². The van der Waals surface area contributed by atoms with Gasteiger partial charge in [0.15, 0.2) is 0 Å². The number of nitrogens with two attached hydrogens (primary N) is 1. The predicted octanol–water partition coefficient (Wildman–Crippen LogP) is 3.57. The molecule has 0 radical (unpaired) electrons. The van der Waals surface area contributed by atoms with Crippen molar-refractivity contribution in [2.45, 2.75) is 25.3 Å². The first-order valence-electron chi connectivity index (χ1n) is 5.87. The molecule has 4 heteroatoms. The molecule has 0 amide bonds. The van der Waals surface area contributed by atoms with Gasteiger partial charge < -0.3 is 10.2 Å². The van der Waals surface area contributed by atoms with Crippen molar-refractivity contribution >= 4 is 11.6 Å². The summed E-state index contributed by atoms with van der Waals surface area (Å²) in [6.45, 7) is 0. The van der Waals surface area contributed by atoms with Crippen LogP contribution in [0.1, 0.15) is 17.7 Å². The number of benzene rings is 1. The number of hydrogen-bond acceptors (Lipinski definition) is 2. The van der Waals surface area contributed by atoms with Crippen LogP contribution in [0.25, 0.3) is 0 Å². The molecule has 0 fully saturated rings. The van der Waals surface area contributed by atoms with Gasteiger partial charge in [-0.05, 0) is 42.7 Å². The lowest BCUT2D eigenvalue weighted by Gasteiger charge is -2.11. The van der Waals surface area contributed by atoms with E-state index in [0.29, 0.717) is 17.0 Å². The maximum atomic E-state index is 13.6. The van der Waals surface area contributed by atoms with Gasteiger partial charge in [0.1, 0.15) is 11.6 Å². The highest BCUT2D eigenvalue weighted by Crippen LogP contribution is 2.17. The van der Waals surface area contributed by atoms with Gasteiger partial charge in [0.2, 0.25) is 0 Å². The van der Waals surface area contributed by atoms with Gasteiger partial charge in [-0.15, -0.1) is 0 Å². The van der Waals surface area contributed by atoms with Gasteiger partial charge in [0.05, 0.1) is 6.26 Å². The summed E-state index contributed by atoms with van der Waals surface area (Å²) < 4.78 is 18.8. The van der Waals surface area contributed by atoms with Gasteiger partial charge in [-0.2, -0.15) is 0 Å². The Morgan fingerprint density at radius 3 is 2.83 bits per heavy atom. The average molecular weight is 268 g/mol. The van der Waals surface area contributed by atoms with E-state index < -0.39 is 0 Å². The average Bonchev–Trinajstić information content (AvgIpc) is 2.83. The first-order valence-corrected chi connectivity index (χ1v) is 6.25. The van der Waals surface area contributed by atoms with E-state index in [1.54, 1.807) is 18.4 Å². The summed E-state index contributed by atoms with van der Waals surface area (Å²) in [6.07, 6.45) is 3.67. The van der Waals surface area contributed by atoms with Crippen LogP contribution in [0, 0.1) is 5.82 Å². The van der Waals surface area contributed by atoms with Crippen molar-refractivity contribution < 1.29 is 8.81 Å². The van der Waals surface area contributed by atoms with Gasteiger partial charge in [0, 0.05) is 17.5 Å². The molecule has 1 aromatic heterocycles. The second-order valence-corrected chi connectivity index (χ2v) is 4.75. The fourth-order valence-corrected chi connectivity index (χ4v) is 2.01. The molecule has 0 spiro atoms. The molecule has 2 rings (SSSR count). The summed E-state index contributed by atoms with van der Waals surface area (Å²) in [6, 6.07) is 8.35. The lowest BCUT2D eigenvalue weighted by Crippen LogP contribution is -2.24. The van der Waals surface area contributed by atoms with E-state index in [2.05, 4.69) is 0 Å². The van der Waals surface area contributed by atoms with E-state index >= 15 is 0 Å². The Morgan fingerprint density at radius 2 is 2.17 bits per heavy atom. The zero-order valence-electron chi connectivity index (χ0n) is 9.90. The summed E-state index contributed by atoms with van der Waals surface area (Å²) in [5.41, 5.74) is 6.59. The zero-order chi connectivity index (χ0) is 13.0. The molecule has 1 atom stereocenters. The Morgan fingerprint density at radius 1 is 1.33 bits per heavy atom. The van der Waals surface area contributed by atoms with Crippen LogP contribution in [-0.2, 0) is 12.8 Å². The number of rotatable bonds is 5. The smallest absolute Gasteiger partial charge is 0.127 e. The van der Waals surface area contributed by atoms with Gasteiger partial charge in [-0.25, -0.2) is 4.39 Å². The lowest BCUT2D eigenvalue weighted by atomic mass is 10.0. The molecule has 1 unspecified atom stereocenters. The Bertz CT molecular complexity index is 499. The molecule has 1 heterocycles. The number of aryl methyl sites for hydroxylation is 1. The molecule has 2 aromatic rings. The molecule has 0 saturated carbocycles. The van der Waals surface area contributed by atoms with Crippen LogP contribution >= 0.6 is 11.6 Å². The standard InChI is InChI=1S/C14H15ClFNO/c15-11-4-3-10(14(16)9-11)8-12(17)5-6-13-2-1-7-18-13/h1-4,7,9,12H,5-6,8,17H2. The van der Waals surface area contributed by atoms with Crippen LogP contribution in [0.5, 0.6) is 0 Å². The van der Waals surface area contributed by atoms with Crippen molar-refractivity contribution in [3.63, 3.8) is 0 Å². The molecular weight excluding hydrogens is 253 g/mol. The Kier molecular flexibility index (Phi) is 4.39. The first kappa shape index (κ1) is 13.1. The summed E-state index contributed by atoms with van der Waals surface area (Å²) in [5.74, 6) is 0.609. The minimum atomic E-state index is -0.295. The van der Waals surface area contributed by atoms with Crippen molar-refractivity contribution in [3.8, 4) is 0 Å². The van der Waals surface area contributed by atoms with Crippen molar-refractivity contribution in [2.75, 3.05) is 0 Å². The number of hydrogen-bond donors (Lipinski definition) is 1. The van der Waals surface area contributed by atoms with Crippen LogP contribution in [0.15, 0.2) is 41.0 Å². The molecule has 0 saturated heterocycles. The second kappa shape index (κ2) is 6.03. The molecule has 0 bridgehead atoms. The second-order valence-electron chi connectivity index (χ2n) is 4.32. The predicted molar refractivity (Wildman–Crippen MR) is 70.1 cm³/mol. The quantitative estimate of drug-likeness (QED) is 0.899. The van der Waals surface area contributed by atoms with Crippen molar-refractivity contribution in [1.82, 2.24) is 0 Å². The Balaban J connectivity index is 1.88. The SMILES string of the molecule is NC(CCc1ccco1)Cc1ccc(Cl)cc1F. The normalized spacial score (nSPS) is 12.6. The van der Waals surface area contributed by atoms with E-state index in [1.807, 2.05) is 12.1 Å². The van der Waals surface area contributed by atoms with E-state index in [4.69, 9.17) is 21.8 Å². The Labute approximate surface area is 111 Å². The largest absolute Gasteiger partial charge is 0.469 e. The maximum absolute atomic E-state index is 13.6. The van der Waals surface area contributed by atoms with Crippen LogP contribution in [0.4, 0.5) is 4.39 Å². The lowest BCUT2D eigenvalue weighted by molar-refractivity contribution is 0.481. The summed E-state index contributed by atoms with van der Waals surface area (Å²) in [4.78, 5) is 0. The van der Waals surface area contributed by atoms with Crippen LogP contribution < -0.4 is 5.73 Å². The highest BCUT2D eigenvalue weighted by molar-refractivity contribution is 6.30. The molecule has 0 aliphatic rings. The van der Waals surface area contributed by atoms with Gasteiger partial charge in [0.25, 0.3) is 0 Å². The molecule has 96 valence electrons. The molecule has 1 aromatic carbocycles. The Hall–Kier alpha value is -1.32. The van der Waals surface area contributed by atoms with Crippen molar-refractivity contribution in [2.24, 2.45) is 5.73 Å². The third-order valence-corrected chi connectivity index (χ3v) is 3.07. The van der Waals surface area contributed by atoms with Gasteiger partial charge in [-0.3, -0.25) is 0 Å². The molecule has 2 N–H and O–H groups in total. The minimum Gasteiger partial charge on any atom is -0.469 e. The third kappa shape index (κ3) is 3.59. The van der Waals surface area contributed by atoms with Gasteiger partial charge >= 0.3 is 0 Å². The first-order chi connectivity index (χ1) is 8.65. The third-order valence-electron chi connectivity index (χ3n) is 2.84. The topological polar surface area (TPSA) is 39.2 Å². The van der Waals surface area contributed by atoms with Crippen LogP contribution in [0.2, 0.25) is 5.02 Å². The van der Waals surface area contributed by atoms with E-state index in [1.165, 1.54) is 6.07 Å². The van der Waals surface area contributed by atoms with E-state index in [0.717, 1.165) is 18.6 Å². The maximum Gasteiger partial charge on any atom is 0.127 e. The molecule has 2 nitrogen and oxygen atoms in total. The zero-order valence-corrected chi connectivity index (χ0v) is 10.7. The number of halogens is 2. The molecular formula is C14H15ClFNO. The summed E-state index contributed by atoms with van der Waals surface area (Å²) in [7, 11) is 0. The summed E-state index contributed by atoms with van der Waals surface area (Å²) in [5, 5.41) is 0.403. The highest BCUT2D eigenvalue weighted by atomic mass is 35.5. The van der Waals surface area contributed by atoms with Crippen molar-refractivity contribution in [3.05, 3.63) is 58.8 Å². The van der Waals surface area contributed by atoms with E-state index in [-0.39, 0.29) is 11.9 Å². The fraction of sp³-hybridized carbons (Fsp3) is 0.286. The van der Waals surface area contributed by atoms with Crippen molar-refractivity contribution in [1.29, 1.82) is 0 Å². The minimum absolute atomic E-state index is 0.0919. The number of furan rings is 1. The fourth-order valence-electron chi connectivity index (χ4n) is 1.85. The monoisotopic (exact) mass is 267 g/mol. The summed E-state index contributed by atoms with van der Waals surface area (Å²) >= 11 is 5.70. The molecule has 18 heavy (non-hydrogen) atoms. The van der Waals surface area contributed by atoms with Crippen LogP contribution in [-0.4, -0.2) is 6.04 Å².